The maximum atomic E-state index is 13.8. The lowest BCUT2D eigenvalue weighted by atomic mass is 9.91. The van der Waals surface area contributed by atoms with Crippen molar-refractivity contribution in [1.82, 2.24) is 29.3 Å². The third kappa shape index (κ3) is 4.09. The van der Waals surface area contributed by atoms with Crippen LogP contribution in [0, 0.1) is 18.6 Å². The number of aromatic nitrogens is 6. The molecular formula is C25H24F2N6O. The number of rotatable bonds is 5. The van der Waals surface area contributed by atoms with Gasteiger partial charge in [-0.1, -0.05) is 6.07 Å². The van der Waals surface area contributed by atoms with E-state index >= 15 is 0 Å². The van der Waals surface area contributed by atoms with Crippen LogP contribution in [0.5, 0.6) is 5.88 Å². The molecule has 174 valence electrons. The molecule has 1 aromatic carbocycles. The number of allylic oxidation sites excluding steroid dienone is 1. The molecule has 5 rings (SSSR count). The summed E-state index contributed by atoms with van der Waals surface area (Å²) in [5, 5.41) is 4.67. The number of hydrogen-bond donors (Lipinski definition) is 0. The van der Waals surface area contributed by atoms with Gasteiger partial charge in [-0.2, -0.15) is 5.10 Å². The third-order valence-corrected chi connectivity index (χ3v) is 5.98. The maximum absolute atomic E-state index is 13.8. The molecule has 4 heterocycles. The van der Waals surface area contributed by atoms with E-state index in [9.17, 15) is 8.78 Å². The fraction of sp³-hybridized carbons (Fsp3) is 0.280. The van der Waals surface area contributed by atoms with Gasteiger partial charge in [-0.25, -0.2) is 28.4 Å². The van der Waals surface area contributed by atoms with E-state index in [1.165, 1.54) is 12.1 Å². The fourth-order valence-corrected chi connectivity index (χ4v) is 4.28. The molecule has 0 N–H and O–H groups in total. The predicted molar refractivity (Wildman–Crippen MR) is 124 cm³/mol. The Morgan fingerprint density at radius 2 is 2.00 bits per heavy atom. The van der Waals surface area contributed by atoms with Crippen LogP contribution in [0.1, 0.15) is 54.3 Å². The highest BCUT2D eigenvalue weighted by atomic mass is 19.2. The molecule has 0 radical (unpaired) electrons. The van der Waals surface area contributed by atoms with Gasteiger partial charge in [-0.15, -0.1) is 0 Å². The zero-order valence-corrected chi connectivity index (χ0v) is 19.2. The topological polar surface area (TPSA) is 70.7 Å². The number of pyridine rings is 1. The molecule has 1 atom stereocenters. The van der Waals surface area contributed by atoms with Gasteiger partial charge in [0.25, 0.3) is 0 Å². The Kier molecular flexibility index (Phi) is 5.69. The summed E-state index contributed by atoms with van der Waals surface area (Å²) in [6.07, 6.45) is 7.22. The molecule has 0 fully saturated rings. The minimum absolute atomic E-state index is 0.131. The van der Waals surface area contributed by atoms with Gasteiger partial charge in [-0.3, -0.25) is 0 Å². The number of benzene rings is 1. The van der Waals surface area contributed by atoms with Crippen LogP contribution in [0.4, 0.5) is 8.78 Å². The Balaban J connectivity index is 1.45. The Hall–Kier alpha value is -3.88. The fourth-order valence-electron chi connectivity index (χ4n) is 4.28. The van der Waals surface area contributed by atoms with Gasteiger partial charge >= 0.3 is 0 Å². The second-order valence-electron chi connectivity index (χ2n) is 8.40. The highest BCUT2D eigenvalue weighted by molar-refractivity contribution is 5.76. The lowest BCUT2D eigenvalue weighted by Gasteiger charge is -2.22. The lowest BCUT2D eigenvalue weighted by Crippen LogP contribution is -2.18. The van der Waals surface area contributed by atoms with Gasteiger partial charge in [0.1, 0.15) is 11.5 Å². The van der Waals surface area contributed by atoms with Crippen molar-refractivity contribution in [3.05, 3.63) is 83.1 Å². The molecule has 3 aromatic heterocycles. The number of halogens is 2. The number of imidazole rings is 1. The second kappa shape index (κ2) is 8.81. The highest BCUT2D eigenvalue weighted by Crippen LogP contribution is 2.33. The molecule has 0 aliphatic carbocycles. The normalized spacial score (nSPS) is 15.9. The predicted octanol–water partition coefficient (Wildman–Crippen LogP) is 4.94. The van der Waals surface area contributed by atoms with Gasteiger partial charge in [-0.05, 0) is 68.2 Å². The minimum atomic E-state index is -0.849. The van der Waals surface area contributed by atoms with Crippen LogP contribution < -0.4 is 4.74 Å². The van der Waals surface area contributed by atoms with Crippen LogP contribution >= 0.6 is 0 Å². The summed E-state index contributed by atoms with van der Waals surface area (Å²) in [5.74, 6) is -0.00297. The Morgan fingerprint density at radius 1 is 1.15 bits per heavy atom. The van der Waals surface area contributed by atoms with E-state index in [2.05, 4.69) is 15.1 Å². The van der Waals surface area contributed by atoms with Crippen molar-refractivity contribution in [3.8, 4) is 11.6 Å². The molecule has 0 bridgehead atoms. The van der Waals surface area contributed by atoms with Gasteiger partial charge < -0.3 is 9.30 Å². The maximum Gasteiger partial charge on any atom is 0.238 e. The van der Waals surface area contributed by atoms with Crippen LogP contribution in [-0.2, 0) is 6.54 Å². The molecule has 0 saturated carbocycles. The van der Waals surface area contributed by atoms with Gasteiger partial charge in [0, 0.05) is 18.7 Å². The smallest absolute Gasteiger partial charge is 0.238 e. The first-order valence-electron chi connectivity index (χ1n) is 11.1. The van der Waals surface area contributed by atoms with E-state index < -0.39 is 11.6 Å². The van der Waals surface area contributed by atoms with E-state index in [1.807, 2.05) is 47.5 Å². The summed E-state index contributed by atoms with van der Waals surface area (Å²) in [4.78, 5) is 13.6. The largest absolute Gasteiger partial charge is 0.479 e. The number of methoxy groups -OCH3 is 1. The van der Waals surface area contributed by atoms with Crippen molar-refractivity contribution in [3.63, 3.8) is 0 Å². The molecule has 7 nitrogen and oxygen atoms in total. The molecule has 0 spiro atoms. The monoisotopic (exact) mass is 462 g/mol. The van der Waals surface area contributed by atoms with Gasteiger partial charge in [0.15, 0.2) is 17.5 Å². The molecular weight excluding hydrogens is 438 g/mol. The Morgan fingerprint density at radius 3 is 2.74 bits per heavy atom. The number of aryl methyl sites for hydroxylation is 2. The summed E-state index contributed by atoms with van der Waals surface area (Å²) in [5.41, 5.74) is 3.95. The summed E-state index contributed by atoms with van der Waals surface area (Å²) in [6, 6.07) is 7.87. The van der Waals surface area contributed by atoms with E-state index in [0.29, 0.717) is 23.0 Å². The van der Waals surface area contributed by atoms with Crippen molar-refractivity contribution in [2.45, 2.75) is 39.2 Å². The SMILES string of the molecule is COc1nc(/C=C(/C)c2nc3n(n2)CCCC3c2ccc(F)c(F)c2)ccc1-n1cnc(C)c1. The third-order valence-electron chi connectivity index (χ3n) is 5.98. The van der Waals surface area contributed by atoms with Crippen LogP contribution in [0.25, 0.3) is 17.3 Å². The molecule has 0 amide bonds. The molecule has 0 saturated heterocycles. The number of ether oxygens (including phenoxy) is 1. The first kappa shape index (κ1) is 21.9. The van der Waals surface area contributed by atoms with Gasteiger partial charge in [0.2, 0.25) is 5.88 Å². The summed E-state index contributed by atoms with van der Waals surface area (Å²) < 4.78 is 36.5. The van der Waals surface area contributed by atoms with E-state index in [-0.39, 0.29) is 5.92 Å². The van der Waals surface area contributed by atoms with Gasteiger partial charge in [0.05, 0.1) is 24.8 Å². The summed E-state index contributed by atoms with van der Waals surface area (Å²) in [6.45, 7) is 4.58. The zero-order chi connectivity index (χ0) is 23.8. The van der Waals surface area contributed by atoms with Crippen molar-refractivity contribution >= 4 is 11.6 Å². The number of nitrogens with zero attached hydrogens (tertiary/aromatic N) is 6. The van der Waals surface area contributed by atoms with Crippen LogP contribution in [0.15, 0.2) is 42.9 Å². The van der Waals surface area contributed by atoms with Crippen molar-refractivity contribution in [2.24, 2.45) is 0 Å². The summed E-state index contributed by atoms with van der Waals surface area (Å²) >= 11 is 0. The first-order chi connectivity index (χ1) is 16.4. The number of fused-ring (bicyclic) bond motifs is 1. The van der Waals surface area contributed by atoms with E-state index in [1.54, 1.807) is 19.5 Å². The standard InChI is InChI=1S/C25H24F2N6O/c1-15(11-18-7-9-22(25(29-18)34-3)32-13-16(2)28-14-32)23-30-24-19(5-4-10-33(24)31-23)17-6-8-20(26)21(27)12-17/h6-9,11-14,19H,4-5,10H2,1-3H3/b15-11-. The Labute approximate surface area is 195 Å². The minimum Gasteiger partial charge on any atom is -0.479 e. The second-order valence-corrected chi connectivity index (χ2v) is 8.40. The van der Waals surface area contributed by atoms with Crippen molar-refractivity contribution < 1.29 is 13.5 Å². The average Bonchev–Trinajstić information content (AvgIpc) is 3.47. The average molecular weight is 463 g/mol. The number of hydrogen-bond acceptors (Lipinski definition) is 5. The highest BCUT2D eigenvalue weighted by Gasteiger charge is 2.27. The molecule has 4 aromatic rings. The van der Waals surface area contributed by atoms with E-state index in [4.69, 9.17) is 9.72 Å². The lowest BCUT2D eigenvalue weighted by molar-refractivity contribution is 0.395. The first-order valence-corrected chi connectivity index (χ1v) is 11.1. The zero-order valence-electron chi connectivity index (χ0n) is 19.2. The van der Waals surface area contributed by atoms with Crippen LogP contribution in [-0.4, -0.2) is 36.4 Å². The summed E-state index contributed by atoms with van der Waals surface area (Å²) in [7, 11) is 1.58. The van der Waals surface area contributed by atoms with Crippen molar-refractivity contribution in [2.75, 3.05) is 7.11 Å². The van der Waals surface area contributed by atoms with Crippen LogP contribution in [0.3, 0.4) is 0 Å². The Bertz CT molecular complexity index is 1390. The quantitative estimate of drug-likeness (QED) is 0.420. The molecule has 1 unspecified atom stereocenters. The molecule has 34 heavy (non-hydrogen) atoms. The molecule has 9 heteroatoms. The van der Waals surface area contributed by atoms with Crippen molar-refractivity contribution in [1.29, 1.82) is 0 Å². The van der Waals surface area contributed by atoms with Crippen LogP contribution in [0.2, 0.25) is 0 Å². The van der Waals surface area contributed by atoms with E-state index in [0.717, 1.165) is 42.2 Å². The molecule has 1 aliphatic rings. The molecule has 1 aliphatic heterocycles.